The third-order valence-corrected chi connectivity index (χ3v) is 10.9. The fourth-order valence-electron chi connectivity index (χ4n) is 5.77. The Labute approximate surface area is 239 Å². The molecule has 1 aromatic heterocycles. The second-order valence-corrected chi connectivity index (χ2v) is 14.4. The van der Waals surface area contributed by atoms with Gasteiger partial charge in [0.1, 0.15) is 5.54 Å². The van der Waals surface area contributed by atoms with Crippen molar-refractivity contribution >= 4 is 43.6 Å². The molecule has 0 bridgehead atoms. The van der Waals surface area contributed by atoms with E-state index in [2.05, 4.69) is 45.9 Å². The van der Waals surface area contributed by atoms with Crippen LogP contribution >= 0.6 is 11.3 Å². The number of carbonyl (C=O) groups excluding carboxylic acids is 1. The molecule has 1 amide bonds. The van der Waals surface area contributed by atoms with Crippen molar-refractivity contribution in [3.63, 3.8) is 0 Å². The van der Waals surface area contributed by atoms with Crippen LogP contribution in [0.15, 0.2) is 54.6 Å². The van der Waals surface area contributed by atoms with Crippen LogP contribution in [0.1, 0.15) is 50.1 Å². The van der Waals surface area contributed by atoms with Crippen molar-refractivity contribution in [2.45, 2.75) is 50.0 Å². The lowest BCUT2D eigenvalue weighted by molar-refractivity contribution is -0.127. The zero-order valence-corrected chi connectivity index (χ0v) is 23.9. The van der Waals surface area contributed by atoms with Gasteiger partial charge in [-0.2, -0.15) is 5.26 Å². The van der Waals surface area contributed by atoms with E-state index in [1.54, 1.807) is 11.3 Å². The van der Waals surface area contributed by atoms with Gasteiger partial charge in [-0.05, 0) is 55.5 Å². The topological polar surface area (TPSA) is 115 Å². The molecule has 3 fully saturated rings. The number of hydrogen-bond donors (Lipinski definition) is 2. The van der Waals surface area contributed by atoms with Gasteiger partial charge >= 0.3 is 0 Å². The molecule has 0 spiro atoms. The van der Waals surface area contributed by atoms with Crippen molar-refractivity contribution in [3.05, 3.63) is 60.3 Å². The molecule has 8 nitrogen and oxygen atoms in total. The van der Waals surface area contributed by atoms with Gasteiger partial charge in [0.25, 0.3) is 0 Å². The molecule has 2 aromatic carbocycles. The molecule has 3 aromatic rings. The molecule has 1 aliphatic heterocycles. The number of nitriles is 1. The highest BCUT2D eigenvalue weighted by atomic mass is 32.2. The smallest absolute Gasteiger partial charge is 0.225 e. The maximum atomic E-state index is 13.5. The van der Waals surface area contributed by atoms with E-state index in [0.717, 1.165) is 71.2 Å². The van der Waals surface area contributed by atoms with Crippen LogP contribution in [-0.2, 0) is 14.6 Å². The summed E-state index contributed by atoms with van der Waals surface area (Å²) in [5.41, 5.74) is 3.23. The Hall–Kier alpha value is -3.42. The lowest BCUT2D eigenvalue weighted by Crippen LogP contribution is -2.42. The standard InChI is InChI=1S/C30H33N5O3S2/c31-20-30(14-15-30)34-28(36)25-9-5-4-8-24(25)26-27(39-29(33-26)32-22-6-2-1-3-7-22)21-10-12-23(13-11-21)35-16-18-40(37,38)19-17-35/h1-3,6-7,10-13,24-25H,4-5,8-9,14-19H2,(H,32,33)(H,34,36). The van der Waals surface area contributed by atoms with Gasteiger partial charge < -0.3 is 15.5 Å². The van der Waals surface area contributed by atoms with Crippen molar-refractivity contribution in [3.8, 4) is 16.5 Å². The van der Waals surface area contributed by atoms with Gasteiger partial charge in [0.05, 0.1) is 28.1 Å². The van der Waals surface area contributed by atoms with Crippen LogP contribution < -0.4 is 15.5 Å². The number of thiazole rings is 1. The van der Waals surface area contributed by atoms with E-state index in [4.69, 9.17) is 4.98 Å². The lowest BCUT2D eigenvalue weighted by Gasteiger charge is -2.31. The van der Waals surface area contributed by atoms with Crippen LogP contribution in [0.25, 0.3) is 10.4 Å². The molecule has 2 unspecified atom stereocenters. The number of rotatable bonds is 7. The number of nitrogens with zero attached hydrogens (tertiary/aromatic N) is 3. The van der Waals surface area contributed by atoms with Gasteiger partial charge in [-0.1, -0.05) is 54.5 Å². The Morgan fingerprint density at radius 1 is 1.02 bits per heavy atom. The van der Waals surface area contributed by atoms with Gasteiger partial charge in [-0.3, -0.25) is 4.79 Å². The summed E-state index contributed by atoms with van der Waals surface area (Å²) >= 11 is 1.59. The van der Waals surface area contributed by atoms with E-state index in [-0.39, 0.29) is 29.2 Å². The zero-order valence-electron chi connectivity index (χ0n) is 22.3. The zero-order chi connectivity index (χ0) is 27.7. The number of anilines is 3. The minimum absolute atomic E-state index is 0.0318. The van der Waals surface area contributed by atoms with E-state index >= 15 is 0 Å². The first-order chi connectivity index (χ1) is 19.3. The number of para-hydroxylation sites is 1. The van der Waals surface area contributed by atoms with E-state index in [1.165, 1.54) is 0 Å². The molecule has 2 aliphatic carbocycles. The highest BCUT2D eigenvalue weighted by Crippen LogP contribution is 2.46. The van der Waals surface area contributed by atoms with Crippen LogP contribution in [0.2, 0.25) is 0 Å². The molecule has 2 saturated carbocycles. The Kier molecular flexibility index (Phi) is 7.27. The molecule has 6 rings (SSSR count). The minimum atomic E-state index is -2.94. The van der Waals surface area contributed by atoms with Crippen LogP contribution in [0.3, 0.4) is 0 Å². The molecule has 2 N–H and O–H groups in total. The predicted molar refractivity (Wildman–Crippen MR) is 159 cm³/mol. The van der Waals surface area contributed by atoms with Crippen molar-refractivity contribution < 1.29 is 13.2 Å². The van der Waals surface area contributed by atoms with E-state index in [9.17, 15) is 18.5 Å². The largest absolute Gasteiger partial charge is 0.369 e. The Morgan fingerprint density at radius 3 is 2.40 bits per heavy atom. The van der Waals surface area contributed by atoms with Crippen molar-refractivity contribution in [1.29, 1.82) is 5.26 Å². The summed E-state index contributed by atoms with van der Waals surface area (Å²) < 4.78 is 23.8. The molecular weight excluding hydrogens is 542 g/mol. The highest BCUT2D eigenvalue weighted by Gasteiger charge is 2.47. The maximum absolute atomic E-state index is 13.5. The second kappa shape index (κ2) is 10.9. The van der Waals surface area contributed by atoms with Gasteiger partial charge in [0.2, 0.25) is 5.91 Å². The fourth-order valence-corrected chi connectivity index (χ4v) is 8.04. The Morgan fingerprint density at radius 2 is 1.73 bits per heavy atom. The van der Waals surface area contributed by atoms with E-state index in [1.807, 2.05) is 30.3 Å². The number of sulfone groups is 1. The lowest BCUT2D eigenvalue weighted by atomic mass is 9.76. The first-order valence-corrected chi connectivity index (χ1v) is 16.6. The number of aromatic nitrogens is 1. The summed E-state index contributed by atoms with van der Waals surface area (Å²) in [5.74, 6) is 0.0732. The SMILES string of the molecule is N#CC1(NC(=O)C2CCCCC2c2nc(Nc3ccccc3)sc2-c2ccc(N3CCS(=O)(=O)CC3)cc2)CC1. The number of nitrogens with one attached hydrogen (secondary N) is 2. The Bertz CT molecular complexity index is 1510. The summed E-state index contributed by atoms with van der Waals surface area (Å²) in [4.78, 5) is 21.7. The number of carbonyl (C=O) groups is 1. The van der Waals surface area contributed by atoms with E-state index < -0.39 is 15.4 Å². The van der Waals surface area contributed by atoms with Crippen LogP contribution in [0.5, 0.6) is 0 Å². The van der Waals surface area contributed by atoms with Crippen LogP contribution in [-0.4, -0.2) is 49.4 Å². The summed E-state index contributed by atoms with van der Waals surface area (Å²) in [6, 6.07) is 20.5. The summed E-state index contributed by atoms with van der Waals surface area (Å²) in [6.45, 7) is 1.00. The third-order valence-electron chi connectivity index (χ3n) is 8.30. The van der Waals surface area contributed by atoms with Crippen molar-refractivity contribution in [1.82, 2.24) is 10.3 Å². The summed E-state index contributed by atoms with van der Waals surface area (Å²) in [7, 11) is -2.94. The molecule has 208 valence electrons. The van der Waals surface area contributed by atoms with Crippen LogP contribution in [0, 0.1) is 17.2 Å². The molecule has 0 radical (unpaired) electrons. The van der Waals surface area contributed by atoms with Gasteiger partial charge in [0, 0.05) is 36.3 Å². The second-order valence-electron chi connectivity index (χ2n) is 11.1. The number of amides is 1. The number of benzene rings is 2. The van der Waals surface area contributed by atoms with Gasteiger partial charge in [0.15, 0.2) is 15.0 Å². The average molecular weight is 576 g/mol. The normalized spacial score (nSPS) is 23.1. The van der Waals surface area contributed by atoms with Gasteiger partial charge in [-0.25, -0.2) is 13.4 Å². The Balaban J connectivity index is 1.31. The van der Waals surface area contributed by atoms with Crippen molar-refractivity contribution in [2.75, 3.05) is 34.8 Å². The minimum Gasteiger partial charge on any atom is -0.369 e. The van der Waals surface area contributed by atoms with Crippen LogP contribution in [0.4, 0.5) is 16.5 Å². The average Bonchev–Trinajstić information content (AvgIpc) is 3.63. The first-order valence-electron chi connectivity index (χ1n) is 14.0. The monoisotopic (exact) mass is 575 g/mol. The molecule has 3 aliphatic rings. The first kappa shape index (κ1) is 26.8. The molecule has 2 atom stereocenters. The quantitative estimate of drug-likeness (QED) is 0.396. The molecule has 2 heterocycles. The molecule has 10 heteroatoms. The van der Waals surface area contributed by atoms with Gasteiger partial charge in [-0.15, -0.1) is 0 Å². The fraction of sp³-hybridized carbons (Fsp3) is 0.433. The summed E-state index contributed by atoms with van der Waals surface area (Å²) in [6.07, 6.45) is 5.12. The van der Waals surface area contributed by atoms with E-state index in [0.29, 0.717) is 13.1 Å². The molecule has 1 saturated heterocycles. The predicted octanol–water partition coefficient (Wildman–Crippen LogP) is 5.23. The van der Waals surface area contributed by atoms with Crippen molar-refractivity contribution in [2.24, 2.45) is 5.92 Å². The summed E-state index contributed by atoms with van der Waals surface area (Å²) in [5, 5.41) is 16.8. The highest BCUT2D eigenvalue weighted by molar-refractivity contribution is 7.91. The molecule has 40 heavy (non-hydrogen) atoms. The number of hydrogen-bond acceptors (Lipinski definition) is 8. The third kappa shape index (κ3) is 5.72. The maximum Gasteiger partial charge on any atom is 0.225 e. The molecular formula is C30H33N5O3S2.